The Morgan fingerprint density at radius 1 is 0.971 bits per heavy atom. The van der Waals surface area contributed by atoms with E-state index in [0.717, 1.165) is 28.8 Å². The molecule has 35 heavy (non-hydrogen) atoms. The fourth-order valence-electron chi connectivity index (χ4n) is 4.32. The summed E-state index contributed by atoms with van der Waals surface area (Å²) in [6.45, 7) is 0.440. The largest absolute Gasteiger partial charge is 0.493 e. The zero-order valence-electron chi connectivity index (χ0n) is 19.5. The summed E-state index contributed by atoms with van der Waals surface area (Å²) in [5.74, 6) is 1.08. The summed E-state index contributed by atoms with van der Waals surface area (Å²) in [4.78, 5) is 15.1. The first-order valence-corrected chi connectivity index (χ1v) is 11.2. The third kappa shape index (κ3) is 5.53. The van der Waals surface area contributed by atoms with Crippen LogP contribution in [0, 0.1) is 0 Å². The topological polar surface area (TPSA) is 48.0 Å². The fraction of sp³-hybridized carbons (Fsp3) is 0.296. The number of fused-ring (bicyclic) bond motifs is 1. The van der Waals surface area contributed by atoms with Crippen molar-refractivity contribution in [2.75, 3.05) is 27.4 Å². The van der Waals surface area contributed by atoms with Gasteiger partial charge in [0.25, 0.3) is 0 Å². The molecule has 184 valence electrons. The first kappa shape index (κ1) is 24.4. The molecule has 4 rings (SSSR count). The summed E-state index contributed by atoms with van der Waals surface area (Å²) in [5.41, 5.74) is 1.89. The highest BCUT2D eigenvalue weighted by molar-refractivity contribution is 5.79. The Morgan fingerprint density at radius 3 is 2.37 bits per heavy atom. The molecule has 1 atom stereocenters. The number of carbonyl (C=O) groups is 1. The lowest BCUT2D eigenvalue weighted by Gasteiger charge is -2.37. The van der Waals surface area contributed by atoms with Gasteiger partial charge in [-0.25, -0.2) is 0 Å². The van der Waals surface area contributed by atoms with Crippen LogP contribution in [0.2, 0.25) is 0 Å². The number of rotatable bonds is 7. The molecule has 1 aliphatic heterocycles. The van der Waals surface area contributed by atoms with Gasteiger partial charge in [0, 0.05) is 6.54 Å². The van der Waals surface area contributed by atoms with Crippen molar-refractivity contribution in [3.8, 4) is 17.2 Å². The van der Waals surface area contributed by atoms with Crippen molar-refractivity contribution >= 4 is 5.91 Å². The van der Waals surface area contributed by atoms with E-state index in [4.69, 9.17) is 14.2 Å². The van der Waals surface area contributed by atoms with Gasteiger partial charge in [-0.15, -0.1) is 0 Å². The Kier molecular flexibility index (Phi) is 7.19. The van der Waals surface area contributed by atoms with E-state index in [2.05, 4.69) is 0 Å². The normalized spacial score (nSPS) is 15.3. The Labute approximate surface area is 202 Å². The molecule has 5 nitrogen and oxygen atoms in total. The Balaban J connectivity index is 1.65. The van der Waals surface area contributed by atoms with Crippen LogP contribution in [-0.2, 0) is 23.8 Å². The average molecular weight is 486 g/mol. The van der Waals surface area contributed by atoms with Crippen molar-refractivity contribution in [3.63, 3.8) is 0 Å². The molecule has 1 aliphatic rings. The monoisotopic (exact) mass is 485 g/mol. The van der Waals surface area contributed by atoms with E-state index in [9.17, 15) is 18.0 Å². The smallest absolute Gasteiger partial charge is 0.416 e. The molecule has 0 radical (unpaired) electrons. The van der Waals surface area contributed by atoms with E-state index in [1.165, 1.54) is 19.2 Å². The predicted molar refractivity (Wildman–Crippen MR) is 125 cm³/mol. The molecule has 8 heteroatoms. The second-order valence-electron chi connectivity index (χ2n) is 8.26. The number of nitrogens with zero attached hydrogens (tertiary/aromatic N) is 1. The SMILES string of the molecule is COc1cc2c(cc1OC)[C@H](COc1cccc(C(F)(F)F)c1)N(C(=O)Cc1ccccc1)CC2. The lowest BCUT2D eigenvalue weighted by Crippen LogP contribution is -2.43. The minimum absolute atomic E-state index is 0.00960. The molecular weight excluding hydrogens is 459 g/mol. The van der Waals surface area contributed by atoms with Gasteiger partial charge in [0.2, 0.25) is 5.91 Å². The first-order chi connectivity index (χ1) is 16.8. The molecule has 0 unspecified atom stereocenters. The van der Waals surface area contributed by atoms with Crippen molar-refractivity contribution in [2.24, 2.45) is 0 Å². The van der Waals surface area contributed by atoms with Crippen LogP contribution < -0.4 is 14.2 Å². The summed E-state index contributed by atoms with van der Waals surface area (Å²) < 4.78 is 56.2. The van der Waals surface area contributed by atoms with Crippen molar-refractivity contribution in [1.29, 1.82) is 0 Å². The summed E-state index contributed by atoms with van der Waals surface area (Å²) in [6.07, 6.45) is -3.65. The Morgan fingerprint density at radius 2 is 1.69 bits per heavy atom. The molecule has 0 aromatic heterocycles. The lowest BCUT2D eigenvalue weighted by molar-refractivity contribution is -0.137. The molecule has 0 N–H and O–H groups in total. The standard InChI is InChI=1S/C27H26F3NO4/c1-33-24-14-19-11-12-31(26(32)13-18-7-4-3-5-8-18)23(22(19)16-25(24)34-2)17-35-21-10-6-9-20(15-21)27(28,29)30/h3-10,14-16,23H,11-13,17H2,1-2H3/t23-/m0/s1. The maximum absolute atomic E-state index is 13.3. The Hall–Kier alpha value is -3.68. The maximum atomic E-state index is 13.3. The van der Waals surface area contributed by atoms with Gasteiger partial charge < -0.3 is 19.1 Å². The van der Waals surface area contributed by atoms with Crippen molar-refractivity contribution in [3.05, 3.63) is 89.0 Å². The van der Waals surface area contributed by atoms with Crippen LogP contribution >= 0.6 is 0 Å². The van der Waals surface area contributed by atoms with Gasteiger partial charge in [0.05, 0.1) is 32.2 Å². The Bertz CT molecular complexity index is 1180. The first-order valence-electron chi connectivity index (χ1n) is 11.2. The van der Waals surface area contributed by atoms with Crippen LogP contribution in [0.1, 0.15) is 28.3 Å². The van der Waals surface area contributed by atoms with Crippen LogP contribution in [-0.4, -0.2) is 38.2 Å². The van der Waals surface area contributed by atoms with Crippen LogP contribution in [0.3, 0.4) is 0 Å². The van der Waals surface area contributed by atoms with Crippen molar-refractivity contribution in [1.82, 2.24) is 4.90 Å². The second kappa shape index (κ2) is 10.3. The van der Waals surface area contributed by atoms with Gasteiger partial charge in [-0.3, -0.25) is 4.79 Å². The third-order valence-corrected chi connectivity index (χ3v) is 6.09. The summed E-state index contributed by atoms with van der Waals surface area (Å²) in [7, 11) is 3.08. The molecule has 0 bridgehead atoms. The number of hydrogen-bond acceptors (Lipinski definition) is 4. The van der Waals surface area contributed by atoms with Gasteiger partial charge in [0.1, 0.15) is 12.4 Å². The van der Waals surface area contributed by atoms with Gasteiger partial charge in [-0.2, -0.15) is 13.2 Å². The number of carbonyl (C=O) groups excluding carboxylic acids is 1. The molecule has 0 saturated carbocycles. The van der Waals surface area contributed by atoms with E-state index in [1.54, 1.807) is 12.0 Å². The third-order valence-electron chi connectivity index (χ3n) is 6.09. The molecule has 0 aliphatic carbocycles. The molecule has 1 heterocycles. The average Bonchev–Trinajstić information content (AvgIpc) is 2.86. The minimum atomic E-state index is -4.47. The van der Waals surface area contributed by atoms with Crippen LogP contribution in [0.25, 0.3) is 0 Å². The van der Waals surface area contributed by atoms with Crippen molar-refractivity contribution in [2.45, 2.75) is 25.1 Å². The zero-order valence-corrected chi connectivity index (χ0v) is 19.5. The number of halogens is 3. The number of benzene rings is 3. The van der Waals surface area contributed by atoms with E-state index < -0.39 is 17.8 Å². The quantitative estimate of drug-likeness (QED) is 0.445. The van der Waals surface area contributed by atoms with Gasteiger partial charge in [-0.05, 0) is 53.4 Å². The summed E-state index contributed by atoms with van der Waals surface area (Å²) in [6, 6.07) is 17.3. The highest BCUT2D eigenvalue weighted by Crippen LogP contribution is 2.39. The number of amides is 1. The fourth-order valence-corrected chi connectivity index (χ4v) is 4.32. The minimum Gasteiger partial charge on any atom is -0.493 e. The number of hydrogen-bond donors (Lipinski definition) is 0. The molecular formula is C27H26F3NO4. The molecule has 1 amide bonds. The molecule has 3 aromatic rings. The second-order valence-corrected chi connectivity index (χ2v) is 8.26. The number of methoxy groups -OCH3 is 2. The van der Waals surface area contributed by atoms with Crippen LogP contribution in [0.4, 0.5) is 13.2 Å². The van der Waals surface area contributed by atoms with E-state index in [-0.39, 0.29) is 24.7 Å². The van der Waals surface area contributed by atoms with E-state index >= 15 is 0 Å². The molecule has 3 aromatic carbocycles. The van der Waals surface area contributed by atoms with E-state index in [1.807, 2.05) is 42.5 Å². The molecule has 0 saturated heterocycles. The zero-order chi connectivity index (χ0) is 25.0. The highest BCUT2D eigenvalue weighted by Gasteiger charge is 2.34. The molecule has 0 fully saturated rings. The number of ether oxygens (including phenoxy) is 3. The van der Waals surface area contributed by atoms with Gasteiger partial charge in [-0.1, -0.05) is 36.4 Å². The maximum Gasteiger partial charge on any atom is 0.416 e. The number of alkyl halides is 3. The molecule has 0 spiro atoms. The van der Waals surface area contributed by atoms with Crippen LogP contribution in [0.15, 0.2) is 66.7 Å². The highest BCUT2D eigenvalue weighted by atomic mass is 19.4. The lowest BCUT2D eigenvalue weighted by atomic mass is 9.91. The predicted octanol–water partition coefficient (Wildman–Crippen LogP) is 5.47. The summed E-state index contributed by atoms with van der Waals surface area (Å²) in [5, 5.41) is 0. The van der Waals surface area contributed by atoms with Crippen LogP contribution in [0.5, 0.6) is 17.2 Å². The van der Waals surface area contributed by atoms with Gasteiger partial charge >= 0.3 is 6.18 Å². The van der Waals surface area contributed by atoms with Crippen molar-refractivity contribution < 1.29 is 32.2 Å². The van der Waals surface area contributed by atoms with E-state index in [0.29, 0.717) is 24.5 Å². The van der Waals surface area contributed by atoms with Gasteiger partial charge in [0.15, 0.2) is 11.5 Å². The summed E-state index contributed by atoms with van der Waals surface area (Å²) >= 11 is 0.